The average molecular weight is 434 g/mol. The number of hydrogen-bond donors (Lipinski definition) is 4. The van der Waals surface area contributed by atoms with Crippen LogP contribution in [0.3, 0.4) is 0 Å². The smallest absolute Gasteiger partial charge is 0.407 e. The maximum absolute atomic E-state index is 12.2. The van der Waals surface area contributed by atoms with Crippen molar-refractivity contribution in [2.24, 2.45) is 0 Å². The number of benzene rings is 3. The zero-order chi connectivity index (χ0) is 22.7. The second-order valence-electron chi connectivity index (χ2n) is 8.06. The Kier molecular flexibility index (Phi) is 6.44. The molecule has 0 heterocycles. The van der Waals surface area contributed by atoms with Crippen LogP contribution < -0.4 is 5.32 Å². The molecule has 1 amide bonds. The van der Waals surface area contributed by atoms with Crippen molar-refractivity contribution >= 4 is 6.09 Å². The Hall–Kier alpha value is -3.35. The average Bonchev–Trinajstić information content (AvgIpc) is 3.11. The first-order valence-electron chi connectivity index (χ1n) is 10.7. The van der Waals surface area contributed by atoms with E-state index in [1.165, 1.54) is 6.07 Å². The quantitative estimate of drug-likeness (QED) is 0.451. The number of carbonyl (C=O) groups excluding carboxylic acids is 1. The molecular weight excluding hydrogens is 406 g/mol. The minimum Gasteiger partial charge on any atom is -0.508 e. The molecular formula is C26H27NO5. The van der Waals surface area contributed by atoms with Crippen LogP contribution in [0.4, 0.5) is 4.79 Å². The zero-order valence-corrected chi connectivity index (χ0v) is 17.9. The summed E-state index contributed by atoms with van der Waals surface area (Å²) in [5.41, 5.74) is 5.57. The predicted octanol–water partition coefficient (Wildman–Crippen LogP) is 4.02. The number of nitrogens with one attached hydrogen (secondary N) is 1. The minimum atomic E-state index is -1.25. The van der Waals surface area contributed by atoms with Crippen LogP contribution >= 0.6 is 0 Å². The summed E-state index contributed by atoms with van der Waals surface area (Å²) in [5.74, 6) is -0.0920. The first-order valence-corrected chi connectivity index (χ1v) is 10.7. The molecule has 4 rings (SSSR count). The molecule has 6 heteroatoms. The van der Waals surface area contributed by atoms with Crippen LogP contribution in [0.25, 0.3) is 11.1 Å². The van der Waals surface area contributed by atoms with Crippen LogP contribution in [-0.2, 0) is 4.74 Å². The van der Waals surface area contributed by atoms with E-state index < -0.39 is 18.3 Å². The van der Waals surface area contributed by atoms with Gasteiger partial charge in [0.15, 0.2) is 0 Å². The zero-order valence-electron chi connectivity index (χ0n) is 17.9. The van der Waals surface area contributed by atoms with E-state index in [2.05, 4.69) is 29.6 Å². The van der Waals surface area contributed by atoms with Gasteiger partial charge >= 0.3 is 6.09 Å². The Morgan fingerprint density at radius 3 is 2.22 bits per heavy atom. The second-order valence-corrected chi connectivity index (χ2v) is 8.06. The molecule has 1 aliphatic carbocycles. The van der Waals surface area contributed by atoms with Crippen LogP contribution in [0.2, 0.25) is 0 Å². The van der Waals surface area contributed by atoms with Crippen LogP contribution in [0.5, 0.6) is 5.75 Å². The van der Waals surface area contributed by atoms with Gasteiger partial charge in [0.2, 0.25) is 0 Å². The molecule has 0 saturated heterocycles. The van der Waals surface area contributed by atoms with E-state index in [9.17, 15) is 20.1 Å². The van der Waals surface area contributed by atoms with Crippen molar-refractivity contribution in [1.29, 1.82) is 0 Å². The molecule has 0 spiro atoms. The second kappa shape index (κ2) is 9.42. The first-order chi connectivity index (χ1) is 15.5. The van der Waals surface area contributed by atoms with E-state index in [1.54, 1.807) is 19.1 Å². The van der Waals surface area contributed by atoms with E-state index in [0.717, 1.165) is 22.3 Å². The number of alkyl carbamates (subject to hydrolysis) is 1. The number of rotatable bonds is 7. The van der Waals surface area contributed by atoms with Gasteiger partial charge in [0.05, 0.1) is 6.10 Å². The van der Waals surface area contributed by atoms with E-state index in [0.29, 0.717) is 11.1 Å². The molecule has 3 aromatic carbocycles. The molecule has 3 aromatic rings. The van der Waals surface area contributed by atoms with Crippen LogP contribution in [-0.4, -0.2) is 40.7 Å². The summed E-state index contributed by atoms with van der Waals surface area (Å²) in [4.78, 5) is 12.2. The topological polar surface area (TPSA) is 99.0 Å². The van der Waals surface area contributed by atoms with Gasteiger partial charge in [-0.05, 0) is 47.2 Å². The third kappa shape index (κ3) is 4.33. The summed E-state index contributed by atoms with van der Waals surface area (Å²) < 4.78 is 5.47. The first kappa shape index (κ1) is 21.9. The normalized spacial score (nSPS) is 14.3. The van der Waals surface area contributed by atoms with Crippen LogP contribution in [0.15, 0.2) is 66.7 Å². The third-order valence-corrected chi connectivity index (χ3v) is 6.01. The van der Waals surface area contributed by atoms with Crippen molar-refractivity contribution in [1.82, 2.24) is 5.32 Å². The number of hydrogen-bond acceptors (Lipinski definition) is 5. The number of fused-ring (bicyclic) bond motifs is 3. The fourth-order valence-corrected chi connectivity index (χ4v) is 4.37. The number of amides is 1. The van der Waals surface area contributed by atoms with E-state index in [4.69, 9.17) is 4.74 Å². The van der Waals surface area contributed by atoms with E-state index >= 15 is 0 Å². The van der Waals surface area contributed by atoms with Crippen molar-refractivity contribution < 1.29 is 24.9 Å². The fourth-order valence-electron chi connectivity index (χ4n) is 4.37. The van der Waals surface area contributed by atoms with Crippen molar-refractivity contribution in [3.05, 3.63) is 89.0 Å². The lowest BCUT2D eigenvalue weighted by Crippen LogP contribution is -2.30. The molecule has 0 aromatic heterocycles. The Morgan fingerprint density at radius 1 is 0.969 bits per heavy atom. The van der Waals surface area contributed by atoms with Gasteiger partial charge in [-0.3, -0.25) is 0 Å². The highest BCUT2D eigenvalue weighted by Gasteiger charge is 2.29. The van der Waals surface area contributed by atoms with Gasteiger partial charge in [-0.2, -0.15) is 0 Å². The SMILES string of the molecule is Cc1cccc(O)c1C(O)C(O)CCNC(=O)OCC1c2ccccc2-c2ccccc21. The molecule has 6 nitrogen and oxygen atoms in total. The molecule has 0 aliphatic heterocycles. The molecule has 2 atom stereocenters. The van der Waals surface area contributed by atoms with Gasteiger partial charge in [0, 0.05) is 18.0 Å². The summed E-state index contributed by atoms with van der Waals surface area (Å²) in [7, 11) is 0. The van der Waals surface area contributed by atoms with E-state index in [1.807, 2.05) is 24.3 Å². The minimum absolute atomic E-state index is 0.0235. The highest BCUT2D eigenvalue weighted by molar-refractivity contribution is 5.79. The predicted molar refractivity (Wildman–Crippen MR) is 121 cm³/mol. The van der Waals surface area contributed by atoms with Gasteiger partial charge in [0.1, 0.15) is 18.5 Å². The Labute approximate surface area is 187 Å². The van der Waals surface area contributed by atoms with Crippen molar-refractivity contribution in [3.8, 4) is 16.9 Å². The lowest BCUT2D eigenvalue weighted by molar-refractivity contribution is 0.0120. The Morgan fingerprint density at radius 2 is 1.59 bits per heavy atom. The van der Waals surface area contributed by atoms with Crippen molar-refractivity contribution in [2.75, 3.05) is 13.2 Å². The number of aliphatic hydroxyl groups is 2. The lowest BCUT2D eigenvalue weighted by atomic mass is 9.97. The highest BCUT2D eigenvalue weighted by Crippen LogP contribution is 2.44. The molecule has 0 bridgehead atoms. The number of aliphatic hydroxyl groups excluding tert-OH is 2. The Balaban J connectivity index is 1.30. The molecule has 4 N–H and O–H groups in total. The summed E-state index contributed by atoms with van der Waals surface area (Å²) in [6.07, 6.45) is -2.86. The monoisotopic (exact) mass is 433 g/mol. The van der Waals surface area contributed by atoms with Crippen molar-refractivity contribution in [2.45, 2.75) is 31.5 Å². The van der Waals surface area contributed by atoms with E-state index in [-0.39, 0.29) is 31.2 Å². The van der Waals surface area contributed by atoms with Gasteiger partial charge in [-0.1, -0.05) is 60.7 Å². The third-order valence-electron chi connectivity index (χ3n) is 6.01. The largest absolute Gasteiger partial charge is 0.508 e. The molecule has 0 radical (unpaired) electrons. The number of ether oxygens (including phenoxy) is 1. The number of phenolic OH excluding ortho intramolecular Hbond substituents is 1. The maximum atomic E-state index is 12.2. The van der Waals surface area contributed by atoms with Gasteiger partial charge in [-0.15, -0.1) is 0 Å². The molecule has 166 valence electrons. The summed E-state index contributed by atoms with van der Waals surface area (Å²) in [6, 6.07) is 21.1. The standard InChI is InChI=1S/C26H27NO5/c1-16-7-6-12-22(28)24(16)25(30)23(29)13-14-27-26(31)32-15-21-19-10-4-2-8-17(19)18-9-3-5-11-20(18)21/h2-12,21,23,25,28-30H,13-15H2,1H3,(H,27,31). The maximum Gasteiger partial charge on any atom is 0.407 e. The number of aromatic hydroxyl groups is 1. The van der Waals surface area contributed by atoms with Crippen molar-refractivity contribution in [3.63, 3.8) is 0 Å². The summed E-state index contributed by atoms with van der Waals surface area (Å²) in [6.45, 7) is 2.09. The molecule has 0 fully saturated rings. The molecule has 0 saturated carbocycles. The number of phenols is 1. The van der Waals surface area contributed by atoms with Gasteiger partial charge in [0.25, 0.3) is 0 Å². The fraction of sp³-hybridized carbons (Fsp3) is 0.269. The number of carbonyl (C=O) groups is 1. The molecule has 2 unspecified atom stereocenters. The van der Waals surface area contributed by atoms with Crippen LogP contribution in [0, 0.1) is 6.92 Å². The lowest BCUT2D eigenvalue weighted by Gasteiger charge is -2.21. The highest BCUT2D eigenvalue weighted by atomic mass is 16.5. The molecule has 1 aliphatic rings. The molecule has 32 heavy (non-hydrogen) atoms. The Bertz CT molecular complexity index is 1050. The van der Waals surface area contributed by atoms with Gasteiger partial charge in [-0.25, -0.2) is 4.79 Å². The van der Waals surface area contributed by atoms with Crippen LogP contribution in [0.1, 0.15) is 40.7 Å². The summed E-state index contributed by atoms with van der Waals surface area (Å²) in [5, 5.41) is 33.3. The van der Waals surface area contributed by atoms with Gasteiger partial charge < -0.3 is 25.4 Å². The summed E-state index contributed by atoms with van der Waals surface area (Å²) >= 11 is 0. The number of aryl methyl sites for hydroxylation is 1.